The van der Waals surface area contributed by atoms with Crippen molar-refractivity contribution in [3.8, 4) is 5.75 Å². The smallest absolute Gasteiger partial charge is 0.321 e. The molecule has 2 aliphatic heterocycles. The van der Waals surface area contributed by atoms with Crippen LogP contribution >= 0.6 is 0 Å². The van der Waals surface area contributed by atoms with Crippen LogP contribution in [0, 0.1) is 5.92 Å². The van der Waals surface area contributed by atoms with Gasteiger partial charge in [-0.2, -0.15) is 0 Å². The van der Waals surface area contributed by atoms with Crippen LogP contribution in [0.15, 0.2) is 54.6 Å². The normalized spacial score (nSPS) is 27.8. The second kappa shape index (κ2) is 10.7. The molecule has 2 amide bonds. The number of ether oxygens (including phenoxy) is 2. The van der Waals surface area contributed by atoms with Crippen molar-refractivity contribution in [3.05, 3.63) is 65.7 Å². The molecule has 1 unspecified atom stereocenters. The number of hydrogen-bond acceptors (Lipinski definition) is 4. The summed E-state index contributed by atoms with van der Waals surface area (Å²) in [6.45, 7) is 5.33. The number of carbonyl (C=O) groups excluding carboxylic acids is 1. The van der Waals surface area contributed by atoms with Gasteiger partial charge in [-0.05, 0) is 88.7 Å². The molecule has 6 heteroatoms. The summed E-state index contributed by atoms with van der Waals surface area (Å²) < 4.78 is 11.0. The van der Waals surface area contributed by atoms with Crippen LogP contribution in [-0.2, 0) is 16.8 Å². The molecule has 37 heavy (non-hydrogen) atoms. The molecular weight excluding hydrogens is 462 g/mol. The lowest BCUT2D eigenvalue weighted by Crippen LogP contribution is -2.59. The van der Waals surface area contributed by atoms with Gasteiger partial charge in [-0.25, -0.2) is 4.79 Å². The first-order valence-corrected chi connectivity index (χ1v) is 13.9. The van der Waals surface area contributed by atoms with Crippen molar-refractivity contribution in [2.75, 3.05) is 41.0 Å². The van der Waals surface area contributed by atoms with Gasteiger partial charge < -0.3 is 19.3 Å². The van der Waals surface area contributed by atoms with Gasteiger partial charge in [0, 0.05) is 37.9 Å². The van der Waals surface area contributed by atoms with Crippen molar-refractivity contribution in [1.29, 1.82) is 0 Å². The Kier molecular flexibility index (Phi) is 7.51. The lowest BCUT2D eigenvalue weighted by Gasteiger charge is -2.53. The molecule has 5 rings (SSSR count). The van der Waals surface area contributed by atoms with Gasteiger partial charge in [0.05, 0.1) is 12.6 Å². The Hall–Kier alpha value is -2.57. The van der Waals surface area contributed by atoms with E-state index in [9.17, 15) is 4.79 Å². The quantitative estimate of drug-likeness (QED) is 0.497. The number of carbonyl (C=O) groups is 1. The van der Waals surface area contributed by atoms with Gasteiger partial charge >= 0.3 is 6.03 Å². The molecule has 2 heterocycles. The lowest BCUT2D eigenvalue weighted by atomic mass is 9.67. The third-order valence-corrected chi connectivity index (χ3v) is 9.54. The van der Waals surface area contributed by atoms with Gasteiger partial charge in [0.1, 0.15) is 5.75 Å². The van der Waals surface area contributed by atoms with Crippen molar-refractivity contribution in [1.82, 2.24) is 14.7 Å². The average Bonchev–Trinajstić information content (AvgIpc) is 3.20. The van der Waals surface area contributed by atoms with Gasteiger partial charge in [0.2, 0.25) is 0 Å². The van der Waals surface area contributed by atoms with Gasteiger partial charge in [-0.15, -0.1) is 0 Å². The Morgan fingerprint density at radius 1 is 1.00 bits per heavy atom. The second-order valence-electron chi connectivity index (χ2n) is 11.6. The standard InChI is InChI=1S/C31H43N3O3/c1-24(26-14-20-37-21-15-26)34-29(35)33(22-25-10-12-28(36-4)13-11-25)23-30(34)16-18-31(19-17-30,32(2)3)27-8-6-5-7-9-27/h5-13,24,26H,14-23H2,1-4H3. The number of hydrogen-bond donors (Lipinski definition) is 0. The molecule has 1 atom stereocenters. The van der Waals surface area contributed by atoms with Gasteiger partial charge in [0.15, 0.2) is 0 Å². The SMILES string of the molecule is COc1ccc(CN2CC3(CCC(c4ccccc4)(N(C)C)CC3)N(C(C)C3CCOCC3)C2=O)cc1. The maximum absolute atomic E-state index is 14.1. The topological polar surface area (TPSA) is 45.2 Å². The average molecular weight is 506 g/mol. The van der Waals surface area contributed by atoms with Crippen LogP contribution in [0.4, 0.5) is 4.79 Å². The molecular formula is C31H43N3O3. The van der Waals surface area contributed by atoms with E-state index in [0.29, 0.717) is 12.5 Å². The molecule has 2 saturated heterocycles. The molecule has 0 bridgehead atoms. The number of rotatable bonds is 7. The monoisotopic (exact) mass is 505 g/mol. The maximum Gasteiger partial charge on any atom is 0.321 e. The zero-order chi connectivity index (χ0) is 26.0. The third-order valence-electron chi connectivity index (χ3n) is 9.54. The van der Waals surface area contributed by atoms with E-state index < -0.39 is 0 Å². The van der Waals surface area contributed by atoms with E-state index in [1.807, 2.05) is 12.1 Å². The van der Waals surface area contributed by atoms with Crippen molar-refractivity contribution in [2.24, 2.45) is 5.92 Å². The second-order valence-corrected chi connectivity index (χ2v) is 11.6. The van der Waals surface area contributed by atoms with Crippen LogP contribution in [0.1, 0.15) is 56.6 Å². The fraction of sp³-hybridized carbons (Fsp3) is 0.581. The molecule has 6 nitrogen and oxygen atoms in total. The van der Waals surface area contributed by atoms with E-state index in [1.165, 1.54) is 5.56 Å². The highest BCUT2D eigenvalue weighted by atomic mass is 16.5. The zero-order valence-electron chi connectivity index (χ0n) is 23.0. The van der Waals surface area contributed by atoms with E-state index in [-0.39, 0.29) is 23.2 Å². The Labute approximate surface area is 222 Å². The summed E-state index contributed by atoms with van der Waals surface area (Å²) in [7, 11) is 6.11. The molecule has 3 fully saturated rings. The Bertz CT molecular complexity index is 1040. The maximum atomic E-state index is 14.1. The summed E-state index contributed by atoms with van der Waals surface area (Å²) in [6, 6.07) is 19.5. The third kappa shape index (κ3) is 4.86. The lowest BCUT2D eigenvalue weighted by molar-refractivity contribution is -0.0145. The van der Waals surface area contributed by atoms with Crippen molar-refractivity contribution < 1.29 is 14.3 Å². The molecule has 0 aromatic heterocycles. The minimum atomic E-state index is -0.129. The summed E-state index contributed by atoms with van der Waals surface area (Å²) in [5.41, 5.74) is 2.41. The van der Waals surface area contributed by atoms with Crippen molar-refractivity contribution >= 4 is 6.03 Å². The van der Waals surface area contributed by atoms with Gasteiger partial charge in [-0.3, -0.25) is 4.90 Å². The summed E-state index contributed by atoms with van der Waals surface area (Å²) in [4.78, 5) is 21.0. The predicted molar refractivity (Wildman–Crippen MR) is 147 cm³/mol. The van der Waals surface area contributed by atoms with E-state index in [1.54, 1.807) is 7.11 Å². The number of urea groups is 1. The molecule has 1 spiro atoms. The highest BCUT2D eigenvalue weighted by Crippen LogP contribution is 2.50. The minimum Gasteiger partial charge on any atom is -0.497 e. The molecule has 0 radical (unpaired) electrons. The number of benzene rings is 2. The largest absolute Gasteiger partial charge is 0.497 e. The van der Waals surface area contributed by atoms with Crippen LogP contribution in [0.3, 0.4) is 0 Å². The first-order chi connectivity index (χ1) is 17.9. The van der Waals surface area contributed by atoms with Crippen LogP contribution in [0.2, 0.25) is 0 Å². The van der Waals surface area contributed by atoms with Crippen LogP contribution in [0.25, 0.3) is 0 Å². The van der Waals surface area contributed by atoms with Crippen LogP contribution in [0.5, 0.6) is 5.75 Å². The summed E-state index contributed by atoms with van der Waals surface area (Å²) in [5.74, 6) is 1.33. The highest BCUT2D eigenvalue weighted by Gasteiger charge is 2.56. The van der Waals surface area contributed by atoms with Crippen molar-refractivity contribution in [3.63, 3.8) is 0 Å². The van der Waals surface area contributed by atoms with E-state index in [4.69, 9.17) is 9.47 Å². The van der Waals surface area contributed by atoms with E-state index >= 15 is 0 Å². The first-order valence-electron chi connectivity index (χ1n) is 13.9. The van der Waals surface area contributed by atoms with E-state index in [2.05, 4.69) is 78.2 Å². The molecule has 1 saturated carbocycles. The minimum absolute atomic E-state index is 0.00650. The van der Waals surface area contributed by atoms with E-state index in [0.717, 1.165) is 69.6 Å². The molecule has 3 aliphatic rings. The number of methoxy groups -OCH3 is 1. The number of amides is 2. The fourth-order valence-electron chi connectivity index (χ4n) is 7.21. The highest BCUT2D eigenvalue weighted by molar-refractivity contribution is 5.79. The fourth-order valence-corrected chi connectivity index (χ4v) is 7.21. The molecule has 2 aromatic rings. The molecule has 200 valence electrons. The molecule has 0 N–H and O–H groups in total. The predicted octanol–water partition coefficient (Wildman–Crippen LogP) is 5.52. The summed E-state index contributed by atoms with van der Waals surface area (Å²) >= 11 is 0. The summed E-state index contributed by atoms with van der Waals surface area (Å²) in [5, 5.41) is 0. The molecule has 1 aliphatic carbocycles. The van der Waals surface area contributed by atoms with Crippen LogP contribution in [-0.4, -0.2) is 73.3 Å². The Balaban J connectivity index is 1.43. The van der Waals surface area contributed by atoms with Crippen LogP contribution < -0.4 is 4.74 Å². The zero-order valence-corrected chi connectivity index (χ0v) is 23.0. The molecule has 2 aromatic carbocycles. The summed E-state index contributed by atoms with van der Waals surface area (Å²) in [6.07, 6.45) is 6.18. The number of nitrogens with zero attached hydrogens (tertiary/aromatic N) is 3. The first kappa shape index (κ1) is 26.1. The Morgan fingerprint density at radius 2 is 1.65 bits per heavy atom. The van der Waals surface area contributed by atoms with Gasteiger partial charge in [0.25, 0.3) is 0 Å². The Morgan fingerprint density at radius 3 is 2.24 bits per heavy atom. The van der Waals surface area contributed by atoms with Crippen molar-refractivity contribution in [2.45, 2.75) is 69.1 Å². The van der Waals surface area contributed by atoms with Gasteiger partial charge in [-0.1, -0.05) is 42.5 Å².